The number of nitrogens with one attached hydrogen (secondary N) is 1. The van der Waals surface area contributed by atoms with E-state index in [0.29, 0.717) is 5.02 Å². The number of hydrogen-bond acceptors (Lipinski definition) is 4. The summed E-state index contributed by atoms with van der Waals surface area (Å²) in [6, 6.07) is 10.0. The number of rotatable bonds is 5. The number of fused-ring (bicyclic) bond motifs is 1. The number of sulfonamides is 1. The fraction of sp³-hybridized carbons (Fsp3) is 0.333. The van der Waals surface area contributed by atoms with Gasteiger partial charge < -0.3 is 9.47 Å². The van der Waals surface area contributed by atoms with Crippen LogP contribution in [0.15, 0.2) is 41.3 Å². The standard InChI is InChI=1S/C18H20ClNO4S/c1-23-14-7-8-15-12(10-14)4-3-5-16(15)20-25(21,22)18-11-13(19)6-9-17(18)24-2/h6-11,16,20H,3-5H2,1-2H3. The van der Waals surface area contributed by atoms with Gasteiger partial charge in [-0.1, -0.05) is 17.7 Å². The molecule has 5 nitrogen and oxygen atoms in total. The van der Waals surface area contributed by atoms with Gasteiger partial charge in [-0.3, -0.25) is 0 Å². The van der Waals surface area contributed by atoms with Crippen molar-refractivity contribution in [3.8, 4) is 11.5 Å². The second-order valence-electron chi connectivity index (χ2n) is 5.93. The van der Waals surface area contributed by atoms with Crippen molar-refractivity contribution in [2.45, 2.75) is 30.2 Å². The summed E-state index contributed by atoms with van der Waals surface area (Å²) in [4.78, 5) is 0.0446. The third-order valence-electron chi connectivity index (χ3n) is 4.38. The maximum atomic E-state index is 12.9. The minimum atomic E-state index is -3.77. The molecule has 0 fully saturated rings. The van der Waals surface area contributed by atoms with Crippen LogP contribution in [0, 0.1) is 0 Å². The maximum absolute atomic E-state index is 12.9. The molecule has 0 saturated carbocycles. The van der Waals surface area contributed by atoms with Crippen LogP contribution in [0.3, 0.4) is 0 Å². The van der Waals surface area contributed by atoms with E-state index in [4.69, 9.17) is 21.1 Å². The molecule has 7 heteroatoms. The zero-order chi connectivity index (χ0) is 18.0. The highest BCUT2D eigenvalue weighted by molar-refractivity contribution is 7.89. The molecule has 0 amide bonds. The van der Waals surface area contributed by atoms with Crippen LogP contribution in [-0.4, -0.2) is 22.6 Å². The zero-order valence-corrected chi connectivity index (χ0v) is 15.7. The monoisotopic (exact) mass is 381 g/mol. The fourth-order valence-electron chi connectivity index (χ4n) is 3.15. The van der Waals surface area contributed by atoms with Crippen molar-refractivity contribution in [2.24, 2.45) is 0 Å². The van der Waals surface area contributed by atoms with Gasteiger partial charge in [0.1, 0.15) is 16.4 Å². The molecule has 0 radical (unpaired) electrons. The number of aryl methyl sites for hydroxylation is 1. The number of hydrogen-bond donors (Lipinski definition) is 1. The highest BCUT2D eigenvalue weighted by atomic mass is 35.5. The Hall–Kier alpha value is -1.76. The minimum Gasteiger partial charge on any atom is -0.497 e. The second-order valence-corrected chi connectivity index (χ2v) is 8.04. The van der Waals surface area contributed by atoms with E-state index in [1.807, 2.05) is 18.2 Å². The number of methoxy groups -OCH3 is 2. The van der Waals surface area contributed by atoms with E-state index >= 15 is 0 Å². The van der Waals surface area contributed by atoms with E-state index < -0.39 is 10.0 Å². The minimum absolute atomic E-state index is 0.0446. The highest BCUT2D eigenvalue weighted by Gasteiger charge is 2.28. The Morgan fingerprint density at radius 3 is 2.64 bits per heavy atom. The number of halogens is 1. The number of ether oxygens (including phenoxy) is 2. The first-order valence-electron chi connectivity index (χ1n) is 7.97. The van der Waals surface area contributed by atoms with Gasteiger partial charge >= 0.3 is 0 Å². The normalized spacial score (nSPS) is 17.0. The highest BCUT2D eigenvalue weighted by Crippen LogP contribution is 2.34. The third kappa shape index (κ3) is 3.76. The topological polar surface area (TPSA) is 64.6 Å². The molecule has 2 aromatic rings. The first kappa shape index (κ1) is 18.0. The van der Waals surface area contributed by atoms with Crippen molar-refractivity contribution in [1.29, 1.82) is 0 Å². The van der Waals surface area contributed by atoms with Gasteiger partial charge in [0, 0.05) is 11.1 Å². The van der Waals surface area contributed by atoms with Gasteiger partial charge in [0.25, 0.3) is 0 Å². The zero-order valence-electron chi connectivity index (χ0n) is 14.1. The Morgan fingerprint density at radius 2 is 1.92 bits per heavy atom. The maximum Gasteiger partial charge on any atom is 0.244 e. The van der Waals surface area contributed by atoms with Gasteiger partial charge in [-0.05, 0) is 60.7 Å². The molecule has 1 N–H and O–H groups in total. The summed E-state index contributed by atoms with van der Waals surface area (Å²) < 4.78 is 39.0. The second kappa shape index (κ2) is 7.23. The quantitative estimate of drug-likeness (QED) is 0.857. The molecule has 0 bridgehead atoms. The lowest BCUT2D eigenvalue weighted by molar-refractivity contribution is 0.401. The Labute approximate surface area is 153 Å². The average molecular weight is 382 g/mol. The van der Waals surface area contributed by atoms with Crippen LogP contribution < -0.4 is 14.2 Å². The summed E-state index contributed by atoms with van der Waals surface area (Å²) in [7, 11) is -0.718. The van der Waals surface area contributed by atoms with E-state index in [-0.39, 0.29) is 16.7 Å². The van der Waals surface area contributed by atoms with Gasteiger partial charge in [0.05, 0.1) is 14.2 Å². The van der Waals surface area contributed by atoms with Crippen LogP contribution in [0.1, 0.15) is 30.0 Å². The predicted molar refractivity (Wildman–Crippen MR) is 97.0 cm³/mol. The molecule has 0 aliphatic heterocycles. The predicted octanol–water partition coefficient (Wildman–Crippen LogP) is 3.71. The summed E-state index contributed by atoms with van der Waals surface area (Å²) in [5.74, 6) is 1.04. The van der Waals surface area contributed by atoms with Crippen LogP contribution in [0.4, 0.5) is 0 Å². The SMILES string of the molecule is COc1ccc2c(c1)CCCC2NS(=O)(=O)c1cc(Cl)ccc1OC. The molecule has 0 heterocycles. The molecule has 2 aromatic carbocycles. The molecular weight excluding hydrogens is 362 g/mol. The largest absolute Gasteiger partial charge is 0.497 e. The Balaban J connectivity index is 1.94. The van der Waals surface area contributed by atoms with Crippen LogP contribution in [0.25, 0.3) is 0 Å². The molecule has 1 atom stereocenters. The first-order chi connectivity index (χ1) is 11.9. The molecule has 0 spiro atoms. The van der Waals surface area contributed by atoms with Crippen molar-refractivity contribution in [1.82, 2.24) is 4.72 Å². The summed E-state index contributed by atoms with van der Waals surface area (Å²) in [5.41, 5.74) is 2.09. The molecule has 25 heavy (non-hydrogen) atoms. The van der Waals surface area contributed by atoms with Gasteiger partial charge in [-0.2, -0.15) is 0 Å². The first-order valence-corrected chi connectivity index (χ1v) is 9.83. The third-order valence-corrected chi connectivity index (χ3v) is 6.11. The van der Waals surface area contributed by atoms with Crippen molar-refractivity contribution in [2.75, 3.05) is 14.2 Å². The van der Waals surface area contributed by atoms with Crippen molar-refractivity contribution in [3.05, 3.63) is 52.5 Å². The lowest BCUT2D eigenvalue weighted by Gasteiger charge is -2.27. The summed E-state index contributed by atoms with van der Waals surface area (Å²) in [5, 5.41) is 0.343. The molecule has 1 aliphatic carbocycles. The fourth-order valence-corrected chi connectivity index (χ4v) is 4.83. The number of benzene rings is 2. The summed E-state index contributed by atoms with van der Waals surface area (Å²) >= 11 is 5.98. The van der Waals surface area contributed by atoms with Gasteiger partial charge in [0.15, 0.2) is 0 Å². The van der Waals surface area contributed by atoms with E-state index in [1.165, 1.54) is 13.2 Å². The average Bonchev–Trinajstić information content (AvgIpc) is 2.61. The molecule has 1 unspecified atom stereocenters. The Morgan fingerprint density at radius 1 is 1.12 bits per heavy atom. The molecule has 134 valence electrons. The van der Waals surface area contributed by atoms with E-state index in [2.05, 4.69) is 4.72 Å². The van der Waals surface area contributed by atoms with E-state index in [9.17, 15) is 8.42 Å². The van der Waals surface area contributed by atoms with Crippen molar-refractivity contribution in [3.63, 3.8) is 0 Å². The molecule has 0 saturated heterocycles. The Bertz CT molecular complexity index is 883. The molecule has 1 aliphatic rings. The smallest absolute Gasteiger partial charge is 0.244 e. The summed E-state index contributed by atoms with van der Waals surface area (Å²) in [6.45, 7) is 0. The lowest BCUT2D eigenvalue weighted by atomic mass is 9.88. The van der Waals surface area contributed by atoms with E-state index in [0.717, 1.165) is 36.1 Å². The van der Waals surface area contributed by atoms with Crippen LogP contribution >= 0.6 is 11.6 Å². The van der Waals surface area contributed by atoms with Crippen LogP contribution in [-0.2, 0) is 16.4 Å². The molecule has 0 aromatic heterocycles. The van der Waals surface area contributed by atoms with Crippen LogP contribution in [0.5, 0.6) is 11.5 Å². The lowest BCUT2D eigenvalue weighted by Crippen LogP contribution is -2.31. The molecule has 3 rings (SSSR count). The van der Waals surface area contributed by atoms with Crippen molar-refractivity contribution >= 4 is 21.6 Å². The van der Waals surface area contributed by atoms with E-state index in [1.54, 1.807) is 19.2 Å². The van der Waals surface area contributed by atoms with Gasteiger partial charge in [0.2, 0.25) is 10.0 Å². The van der Waals surface area contributed by atoms with Gasteiger partial charge in [-0.25, -0.2) is 13.1 Å². The molecular formula is C18H20ClNO4S. The van der Waals surface area contributed by atoms with Crippen LogP contribution in [0.2, 0.25) is 5.02 Å². The van der Waals surface area contributed by atoms with Gasteiger partial charge in [-0.15, -0.1) is 0 Å². The summed E-state index contributed by atoms with van der Waals surface area (Å²) in [6.07, 6.45) is 2.55. The Kier molecular flexibility index (Phi) is 5.22. The van der Waals surface area contributed by atoms with Crippen molar-refractivity contribution < 1.29 is 17.9 Å².